The maximum absolute atomic E-state index is 5.57. The zero-order valence-corrected chi connectivity index (χ0v) is 5.16. The maximum Gasteiger partial charge on any atom is 0.138 e. The Bertz CT molecular complexity index is 174. The smallest absolute Gasteiger partial charge is 0.138 e. The summed E-state index contributed by atoms with van der Waals surface area (Å²) < 4.78 is 0. The first-order valence-corrected chi connectivity index (χ1v) is 2.55. The Morgan fingerprint density at radius 1 is 1.75 bits per heavy atom. The number of hydrogen-bond donors (Lipinski definition) is 2. The van der Waals surface area contributed by atoms with Crippen molar-refractivity contribution >= 4 is 17.4 Å². The van der Waals surface area contributed by atoms with E-state index in [-0.39, 0.29) is 0 Å². The molecule has 0 saturated carbocycles. The van der Waals surface area contributed by atoms with Crippen LogP contribution in [0, 0.1) is 6.92 Å². The highest BCUT2D eigenvalue weighted by Crippen LogP contribution is 2.17. The molecule has 0 unspecified atom stereocenters. The lowest BCUT2D eigenvalue weighted by Crippen LogP contribution is -1.83. The van der Waals surface area contributed by atoms with Crippen LogP contribution in [0.15, 0.2) is 0 Å². The summed E-state index contributed by atoms with van der Waals surface area (Å²) in [6.45, 7) is 1.79. The first-order chi connectivity index (χ1) is 3.72. The van der Waals surface area contributed by atoms with Gasteiger partial charge in [-0.15, -0.1) is 0 Å². The topological polar surface area (TPSA) is 54.7 Å². The minimum atomic E-state index is 0.434. The molecule has 3 nitrogen and oxygen atoms in total. The zero-order valence-electron chi connectivity index (χ0n) is 4.40. The van der Waals surface area contributed by atoms with Gasteiger partial charge in [0.25, 0.3) is 0 Å². The normalized spacial score (nSPS) is 9.75. The first kappa shape index (κ1) is 5.44. The summed E-state index contributed by atoms with van der Waals surface area (Å²) in [4.78, 5) is 0. The van der Waals surface area contributed by atoms with Crippen molar-refractivity contribution in [1.29, 1.82) is 0 Å². The number of nitrogens with two attached hydrogens (primary N) is 1. The Morgan fingerprint density at radius 3 is 2.50 bits per heavy atom. The summed E-state index contributed by atoms with van der Waals surface area (Å²) in [5, 5.41) is 6.78. The fourth-order valence-corrected chi connectivity index (χ4v) is 0.522. The number of aryl methyl sites for hydroxylation is 1. The number of halogens is 1. The van der Waals surface area contributed by atoms with E-state index in [0.717, 1.165) is 5.69 Å². The summed E-state index contributed by atoms with van der Waals surface area (Å²) in [7, 11) is 0. The summed E-state index contributed by atoms with van der Waals surface area (Å²) in [6.07, 6.45) is 0. The highest BCUT2D eigenvalue weighted by atomic mass is 35.5. The van der Waals surface area contributed by atoms with Gasteiger partial charge in [0.1, 0.15) is 10.8 Å². The van der Waals surface area contributed by atoms with Gasteiger partial charge in [-0.2, -0.15) is 5.10 Å². The zero-order chi connectivity index (χ0) is 6.15. The molecule has 0 atom stereocenters. The average molecular weight is 132 g/mol. The van der Waals surface area contributed by atoms with Crippen LogP contribution < -0.4 is 5.73 Å². The number of aromatic nitrogens is 2. The SMILES string of the molecule is Cc1n[nH]c(N)c1Cl. The van der Waals surface area contributed by atoms with E-state index in [1.165, 1.54) is 0 Å². The van der Waals surface area contributed by atoms with Gasteiger partial charge in [-0.05, 0) is 6.92 Å². The van der Waals surface area contributed by atoms with E-state index in [9.17, 15) is 0 Å². The molecule has 1 aromatic rings. The van der Waals surface area contributed by atoms with Crippen LogP contribution in [0.5, 0.6) is 0 Å². The average Bonchev–Trinajstić information content (AvgIpc) is 1.98. The second kappa shape index (κ2) is 1.67. The van der Waals surface area contributed by atoms with Crippen LogP contribution >= 0.6 is 11.6 Å². The van der Waals surface area contributed by atoms with Crippen LogP contribution in [0.4, 0.5) is 5.82 Å². The summed E-state index contributed by atoms with van der Waals surface area (Å²) in [5.74, 6) is 0.434. The Morgan fingerprint density at radius 2 is 2.38 bits per heavy atom. The van der Waals surface area contributed by atoms with Gasteiger partial charge in [0.05, 0.1) is 5.69 Å². The molecule has 0 aliphatic carbocycles. The first-order valence-electron chi connectivity index (χ1n) is 2.17. The number of nitrogen functional groups attached to an aromatic ring is 1. The summed E-state index contributed by atoms with van der Waals surface area (Å²) >= 11 is 5.57. The van der Waals surface area contributed by atoms with Crippen LogP contribution in [0.2, 0.25) is 5.02 Å². The minimum Gasteiger partial charge on any atom is -0.383 e. The van der Waals surface area contributed by atoms with E-state index >= 15 is 0 Å². The number of hydrogen-bond acceptors (Lipinski definition) is 2. The molecule has 1 rings (SSSR count). The van der Waals surface area contributed by atoms with Gasteiger partial charge < -0.3 is 5.73 Å². The molecule has 0 radical (unpaired) electrons. The molecule has 0 spiro atoms. The van der Waals surface area contributed by atoms with E-state index < -0.39 is 0 Å². The highest BCUT2D eigenvalue weighted by molar-refractivity contribution is 6.33. The summed E-state index contributed by atoms with van der Waals surface area (Å²) in [6, 6.07) is 0. The third kappa shape index (κ3) is 0.648. The van der Waals surface area contributed by atoms with Crippen molar-refractivity contribution in [2.75, 3.05) is 5.73 Å². The van der Waals surface area contributed by atoms with Crippen molar-refractivity contribution in [1.82, 2.24) is 10.2 Å². The fourth-order valence-electron chi connectivity index (χ4n) is 0.437. The standard InChI is InChI=1S/C4H6ClN3/c1-2-3(5)4(6)8-7-2/h1H3,(H3,6,7,8). The molecule has 0 aliphatic rings. The van der Waals surface area contributed by atoms with Crippen LogP contribution in [0.1, 0.15) is 5.69 Å². The van der Waals surface area contributed by atoms with Gasteiger partial charge in [-0.25, -0.2) is 0 Å². The van der Waals surface area contributed by atoms with E-state index in [4.69, 9.17) is 17.3 Å². The van der Waals surface area contributed by atoms with E-state index in [1.54, 1.807) is 6.92 Å². The molecule has 4 heteroatoms. The molecule has 0 aliphatic heterocycles. The number of aromatic amines is 1. The van der Waals surface area contributed by atoms with Gasteiger partial charge in [0, 0.05) is 0 Å². The Balaban J connectivity index is 3.19. The van der Waals surface area contributed by atoms with Crippen LogP contribution in [-0.4, -0.2) is 10.2 Å². The lowest BCUT2D eigenvalue weighted by atomic mass is 10.5. The molecule has 1 heterocycles. The molecule has 0 fully saturated rings. The number of anilines is 1. The third-order valence-electron chi connectivity index (χ3n) is 0.898. The van der Waals surface area contributed by atoms with Gasteiger partial charge in [0.15, 0.2) is 0 Å². The lowest BCUT2D eigenvalue weighted by Gasteiger charge is -1.81. The van der Waals surface area contributed by atoms with Gasteiger partial charge in [-0.1, -0.05) is 11.6 Å². The second-order valence-electron chi connectivity index (χ2n) is 1.54. The highest BCUT2D eigenvalue weighted by Gasteiger charge is 2.00. The molecule has 0 amide bonds. The fraction of sp³-hybridized carbons (Fsp3) is 0.250. The molecule has 44 valence electrons. The van der Waals surface area contributed by atoms with Crippen LogP contribution in [0.25, 0.3) is 0 Å². The number of rotatable bonds is 0. The third-order valence-corrected chi connectivity index (χ3v) is 1.38. The number of H-pyrrole nitrogens is 1. The number of nitrogens with one attached hydrogen (secondary N) is 1. The predicted octanol–water partition coefficient (Wildman–Crippen LogP) is 0.954. The van der Waals surface area contributed by atoms with Gasteiger partial charge in [0.2, 0.25) is 0 Å². The largest absolute Gasteiger partial charge is 0.383 e. The molecule has 0 aromatic carbocycles. The molecule has 0 bridgehead atoms. The molecule has 3 N–H and O–H groups in total. The van der Waals surface area contributed by atoms with Crippen LogP contribution in [0.3, 0.4) is 0 Å². The molecular weight excluding hydrogens is 126 g/mol. The quantitative estimate of drug-likeness (QED) is 0.551. The molecule has 8 heavy (non-hydrogen) atoms. The van der Waals surface area contributed by atoms with Crippen molar-refractivity contribution < 1.29 is 0 Å². The Kier molecular flexibility index (Phi) is 1.13. The minimum absolute atomic E-state index is 0.434. The Hall–Kier alpha value is -0.700. The van der Waals surface area contributed by atoms with Crippen molar-refractivity contribution in [2.45, 2.75) is 6.92 Å². The molecular formula is C4H6ClN3. The van der Waals surface area contributed by atoms with E-state index in [2.05, 4.69) is 10.2 Å². The van der Waals surface area contributed by atoms with Crippen LogP contribution in [-0.2, 0) is 0 Å². The van der Waals surface area contributed by atoms with Gasteiger partial charge in [-0.3, -0.25) is 5.10 Å². The summed E-state index contributed by atoms with van der Waals surface area (Å²) in [5.41, 5.74) is 6.03. The lowest BCUT2D eigenvalue weighted by molar-refractivity contribution is 1.05. The Labute approximate surface area is 51.8 Å². The molecule has 0 saturated heterocycles. The number of nitrogens with zero attached hydrogens (tertiary/aromatic N) is 1. The maximum atomic E-state index is 5.57. The van der Waals surface area contributed by atoms with Crippen molar-refractivity contribution in [3.05, 3.63) is 10.7 Å². The van der Waals surface area contributed by atoms with Crippen molar-refractivity contribution in [2.24, 2.45) is 0 Å². The van der Waals surface area contributed by atoms with Gasteiger partial charge >= 0.3 is 0 Å². The molecule has 1 aromatic heterocycles. The van der Waals surface area contributed by atoms with Crippen molar-refractivity contribution in [3.8, 4) is 0 Å². The predicted molar refractivity (Wildman–Crippen MR) is 32.7 cm³/mol. The monoisotopic (exact) mass is 131 g/mol. The van der Waals surface area contributed by atoms with E-state index in [0.29, 0.717) is 10.8 Å². The van der Waals surface area contributed by atoms with Crippen molar-refractivity contribution in [3.63, 3.8) is 0 Å². The second-order valence-corrected chi connectivity index (χ2v) is 1.91. The van der Waals surface area contributed by atoms with E-state index in [1.807, 2.05) is 0 Å².